The number of aryl methyl sites for hydroxylation is 2. The maximum atomic E-state index is 6.17. The fourth-order valence-electron chi connectivity index (χ4n) is 3.71. The summed E-state index contributed by atoms with van der Waals surface area (Å²) in [5.41, 5.74) is 5.51. The van der Waals surface area contributed by atoms with Crippen molar-refractivity contribution >= 4 is 11.0 Å². The highest BCUT2D eigenvalue weighted by molar-refractivity contribution is 5.75. The molecule has 0 N–H and O–H groups in total. The van der Waals surface area contributed by atoms with Crippen molar-refractivity contribution in [1.82, 2.24) is 9.55 Å². The predicted molar refractivity (Wildman–Crippen MR) is 126 cm³/mol. The van der Waals surface area contributed by atoms with Gasteiger partial charge in [-0.3, -0.25) is 0 Å². The topological polar surface area (TPSA) is 36.3 Å². The summed E-state index contributed by atoms with van der Waals surface area (Å²) in [6.45, 7) is 9.64. The molecule has 1 heterocycles. The molecule has 3 aromatic carbocycles. The van der Waals surface area contributed by atoms with Crippen LogP contribution in [0.1, 0.15) is 22.5 Å². The number of nitrogens with zero attached hydrogens (tertiary/aromatic N) is 2. The number of fused-ring (bicyclic) bond motifs is 1. The minimum Gasteiger partial charge on any atom is -0.491 e. The fourth-order valence-corrected chi connectivity index (χ4v) is 3.71. The van der Waals surface area contributed by atoms with E-state index in [0.29, 0.717) is 19.8 Å². The molecule has 0 bridgehead atoms. The lowest BCUT2D eigenvalue weighted by atomic mass is 10.1. The summed E-state index contributed by atoms with van der Waals surface area (Å²) in [6, 6.07) is 22.5. The Labute approximate surface area is 183 Å². The van der Waals surface area contributed by atoms with Crippen LogP contribution < -0.4 is 9.47 Å². The molecule has 158 valence electrons. The number of rotatable bonds is 9. The van der Waals surface area contributed by atoms with Crippen molar-refractivity contribution in [3.8, 4) is 11.5 Å². The molecule has 0 amide bonds. The molecule has 4 heteroatoms. The summed E-state index contributed by atoms with van der Waals surface area (Å²) in [6.07, 6.45) is 2.67. The third-order valence-electron chi connectivity index (χ3n) is 5.34. The molecule has 0 aliphatic rings. The van der Waals surface area contributed by atoms with Crippen LogP contribution in [-0.2, 0) is 19.6 Å². The molecule has 4 nitrogen and oxygen atoms in total. The summed E-state index contributed by atoms with van der Waals surface area (Å²) < 4.78 is 14.5. The second-order valence-electron chi connectivity index (χ2n) is 7.67. The maximum absolute atomic E-state index is 6.17. The minimum atomic E-state index is 0.395. The van der Waals surface area contributed by atoms with Gasteiger partial charge in [-0.1, -0.05) is 48.5 Å². The van der Waals surface area contributed by atoms with Crippen molar-refractivity contribution in [3.63, 3.8) is 0 Å². The quantitative estimate of drug-likeness (QED) is 0.315. The molecule has 0 radical (unpaired) electrons. The first-order chi connectivity index (χ1) is 15.2. The van der Waals surface area contributed by atoms with Crippen molar-refractivity contribution in [2.24, 2.45) is 0 Å². The van der Waals surface area contributed by atoms with Crippen LogP contribution in [-0.4, -0.2) is 16.2 Å². The van der Waals surface area contributed by atoms with E-state index in [9.17, 15) is 0 Å². The maximum Gasteiger partial charge on any atom is 0.148 e. The first-order valence-corrected chi connectivity index (χ1v) is 10.6. The Balaban J connectivity index is 1.53. The molecule has 0 saturated heterocycles. The second kappa shape index (κ2) is 9.52. The molecule has 0 aliphatic carbocycles. The van der Waals surface area contributed by atoms with Gasteiger partial charge < -0.3 is 14.0 Å². The smallest absolute Gasteiger partial charge is 0.148 e. The van der Waals surface area contributed by atoms with Gasteiger partial charge in [-0.2, -0.15) is 0 Å². The molecule has 0 spiro atoms. The molecule has 4 rings (SSSR count). The molecule has 0 aliphatic heterocycles. The zero-order chi connectivity index (χ0) is 21.6. The highest BCUT2D eigenvalue weighted by Gasteiger charge is 2.12. The van der Waals surface area contributed by atoms with Crippen LogP contribution in [0.5, 0.6) is 11.5 Å². The average Bonchev–Trinajstić information content (AvgIpc) is 3.13. The Morgan fingerprint density at radius 3 is 2.61 bits per heavy atom. The van der Waals surface area contributed by atoms with E-state index in [4.69, 9.17) is 14.5 Å². The highest BCUT2D eigenvalue weighted by atomic mass is 16.5. The van der Waals surface area contributed by atoms with Crippen LogP contribution in [0.4, 0.5) is 0 Å². The number of hydrogen-bond donors (Lipinski definition) is 0. The van der Waals surface area contributed by atoms with Gasteiger partial charge in [0.2, 0.25) is 0 Å². The van der Waals surface area contributed by atoms with E-state index >= 15 is 0 Å². The van der Waals surface area contributed by atoms with Crippen molar-refractivity contribution in [2.75, 3.05) is 6.61 Å². The zero-order valence-electron chi connectivity index (χ0n) is 18.2. The third-order valence-corrected chi connectivity index (χ3v) is 5.34. The van der Waals surface area contributed by atoms with E-state index in [2.05, 4.69) is 55.3 Å². The Hall–Kier alpha value is -3.53. The van der Waals surface area contributed by atoms with E-state index in [1.54, 1.807) is 0 Å². The second-order valence-corrected chi connectivity index (χ2v) is 7.67. The van der Waals surface area contributed by atoms with Gasteiger partial charge in [-0.25, -0.2) is 4.98 Å². The van der Waals surface area contributed by atoms with Crippen molar-refractivity contribution < 1.29 is 9.47 Å². The first-order valence-electron chi connectivity index (χ1n) is 10.6. The van der Waals surface area contributed by atoms with Crippen LogP contribution in [0, 0.1) is 13.8 Å². The third kappa shape index (κ3) is 4.80. The minimum absolute atomic E-state index is 0.395. The molecule has 0 saturated carbocycles. The summed E-state index contributed by atoms with van der Waals surface area (Å²) in [4.78, 5) is 4.82. The molecule has 0 fully saturated rings. The van der Waals surface area contributed by atoms with Crippen molar-refractivity contribution in [1.29, 1.82) is 0 Å². The Morgan fingerprint density at radius 1 is 0.935 bits per heavy atom. The van der Waals surface area contributed by atoms with Crippen LogP contribution in [0.2, 0.25) is 0 Å². The van der Waals surface area contributed by atoms with Gasteiger partial charge in [0, 0.05) is 0 Å². The number of benzene rings is 3. The van der Waals surface area contributed by atoms with Gasteiger partial charge in [0.25, 0.3) is 0 Å². The lowest BCUT2D eigenvalue weighted by Crippen LogP contribution is -2.13. The van der Waals surface area contributed by atoms with Crippen molar-refractivity contribution in [2.45, 2.75) is 33.4 Å². The van der Waals surface area contributed by atoms with Gasteiger partial charge >= 0.3 is 0 Å². The van der Waals surface area contributed by atoms with E-state index < -0.39 is 0 Å². The summed E-state index contributed by atoms with van der Waals surface area (Å²) >= 11 is 0. The number of para-hydroxylation sites is 3. The molecule has 1 aromatic heterocycles. The zero-order valence-corrected chi connectivity index (χ0v) is 18.2. The number of ether oxygens (including phenoxy) is 2. The Kier molecular flexibility index (Phi) is 6.37. The van der Waals surface area contributed by atoms with Crippen molar-refractivity contribution in [3.05, 3.63) is 102 Å². The fraction of sp³-hybridized carbons (Fsp3) is 0.222. The van der Waals surface area contributed by atoms with E-state index in [1.165, 1.54) is 5.56 Å². The highest BCUT2D eigenvalue weighted by Crippen LogP contribution is 2.23. The first kappa shape index (κ1) is 20.7. The van der Waals surface area contributed by atoms with Crippen LogP contribution in [0.3, 0.4) is 0 Å². The van der Waals surface area contributed by atoms with Gasteiger partial charge in [0.05, 0.1) is 17.6 Å². The largest absolute Gasteiger partial charge is 0.491 e. The van der Waals surface area contributed by atoms with Gasteiger partial charge in [0.1, 0.15) is 30.5 Å². The van der Waals surface area contributed by atoms with Crippen LogP contribution in [0.15, 0.2) is 79.4 Å². The molecule has 0 atom stereocenters. The normalized spacial score (nSPS) is 10.9. The van der Waals surface area contributed by atoms with Gasteiger partial charge in [-0.15, -0.1) is 6.58 Å². The molecule has 4 aromatic rings. The monoisotopic (exact) mass is 412 g/mol. The van der Waals surface area contributed by atoms with E-state index in [0.717, 1.165) is 45.9 Å². The average molecular weight is 413 g/mol. The Morgan fingerprint density at radius 2 is 1.74 bits per heavy atom. The lowest BCUT2D eigenvalue weighted by molar-refractivity contribution is 0.270. The molecule has 0 unspecified atom stereocenters. The molecular weight excluding hydrogens is 384 g/mol. The standard InChI is InChI=1S/C27H28N2O2/c1-4-9-22-10-5-8-13-25(22)31-19-27-28-23-11-6-7-12-24(23)29(27)16-17-30-26-18-20(2)14-15-21(26)3/h4-8,10-15,18H,1,9,16-17,19H2,2-3H3. The number of allylic oxidation sites excluding steroid dienone is 1. The van der Waals surface area contributed by atoms with Gasteiger partial charge in [-0.05, 0) is 61.2 Å². The van der Waals surface area contributed by atoms with Gasteiger partial charge in [0.15, 0.2) is 0 Å². The van der Waals surface area contributed by atoms with E-state index in [-0.39, 0.29) is 0 Å². The summed E-state index contributed by atoms with van der Waals surface area (Å²) in [7, 11) is 0. The summed E-state index contributed by atoms with van der Waals surface area (Å²) in [5, 5.41) is 0. The predicted octanol–water partition coefficient (Wildman–Crippen LogP) is 6.04. The SMILES string of the molecule is C=CCc1ccccc1OCc1nc2ccccc2n1CCOc1cc(C)ccc1C. The Bertz CT molecular complexity index is 1190. The van der Waals surface area contributed by atoms with Crippen LogP contribution >= 0.6 is 0 Å². The molecule has 31 heavy (non-hydrogen) atoms. The molecular formula is C27H28N2O2. The van der Waals surface area contributed by atoms with Crippen LogP contribution in [0.25, 0.3) is 11.0 Å². The number of hydrogen-bond acceptors (Lipinski definition) is 3. The number of imidazole rings is 1. The summed E-state index contributed by atoms with van der Waals surface area (Å²) in [5.74, 6) is 2.69. The lowest BCUT2D eigenvalue weighted by Gasteiger charge is -2.14. The number of aromatic nitrogens is 2. The van der Waals surface area contributed by atoms with E-state index in [1.807, 2.05) is 42.5 Å².